The Morgan fingerprint density at radius 1 is 1.19 bits per heavy atom. The fraction of sp³-hybridized carbons (Fsp3) is 0.867. The van der Waals surface area contributed by atoms with E-state index >= 15 is 0 Å². The third kappa shape index (κ3) is 6.26. The molecule has 0 spiro atoms. The van der Waals surface area contributed by atoms with Crippen molar-refractivity contribution in [3.63, 3.8) is 0 Å². The number of piperidine rings is 1. The Morgan fingerprint density at radius 3 is 2.71 bits per heavy atom. The summed E-state index contributed by atoms with van der Waals surface area (Å²) in [6.07, 6.45) is 5.74. The number of likely N-dealkylation sites (tertiary alicyclic amines) is 1. The standard InChI is InChI=1S/C15H27N3O2S/c19-14(17-7-5-13-4-6-16-10-13)11-21-12-15(20)18-8-2-1-3-9-18/h13,16H,1-12H2,(H,17,19). The van der Waals surface area contributed by atoms with Crippen molar-refractivity contribution in [2.24, 2.45) is 5.92 Å². The van der Waals surface area contributed by atoms with Crippen LogP contribution in [0, 0.1) is 5.92 Å². The number of nitrogens with zero attached hydrogens (tertiary/aromatic N) is 1. The molecule has 2 aliphatic heterocycles. The third-order valence-corrected chi connectivity index (χ3v) is 5.12. The zero-order valence-corrected chi connectivity index (χ0v) is 13.6. The van der Waals surface area contributed by atoms with Crippen molar-refractivity contribution >= 4 is 23.6 Å². The Bertz CT molecular complexity index is 340. The Balaban J connectivity index is 1.49. The summed E-state index contributed by atoms with van der Waals surface area (Å²) in [5, 5.41) is 6.28. The van der Waals surface area contributed by atoms with Crippen molar-refractivity contribution < 1.29 is 9.59 Å². The molecule has 2 N–H and O–H groups in total. The van der Waals surface area contributed by atoms with Crippen LogP contribution in [0.15, 0.2) is 0 Å². The number of carbonyl (C=O) groups excluding carboxylic acids is 2. The van der Waals surface area contributed by atoms with Crippen LogP contribution in [0.1, 0.15) is 32.1 Å². The van der Waals surface area contributed by atoms with E-state index in [9.17, 15) is 9.59 Å². The van der Waals surface area contributed by atoms with Crippen molar-refractivity contribution in [1.82, 2.24) is 15.5 Å². The number of carbonyl (C=O) groups is 2. The van der Waals surface area contributed by atoms with Crippen LogP contribution in [0.5, 0.6) is 0 Å². The lowest BCUT2D eigenvalue weighted by Crippen LogP contribution is -2.37. The zero-order chi connectivity index (χ0) is 14.9. The maximum atomic E-state index is 11.9. The van der Waals surface area contributed by atoms with E-state index in [1.807, 2.05) is 4.90 Å². The fourth-order valence-electron chi connectivity index (χ4n) is 2.89. The molecule has 5 nitrogen and oxygen atoms in total. The Morgan fingerprint density at radius 2 is 2.00 bits per heavy atom. The highest BCUT2D eigenvalue weighted by molar-refractivity contribution is 8.00. The average Bonchev–Trinajstić information content (AvgIpc) is 3.01. The molecule has 0 radical (unpaired) electrons. The van der Waals surface area contributed by atoms with Crippen molar-refractivity contribution in [2.75, 3.05) is 44.2 Å². The highest BCUT2D eigenvalue weighted by Gasteiger charge is 2.17. The molecule has 2 saturated heterocycles. The van der Waals surface area contributed by atoms with Crippen molar-refractivity contribution in [1.29, 1.82) is 0 Å². The Hall–Kier alpha value is -0.750. The van der Waals surface area contributed by atoms with Crippen molar-refractivity contribution in [2.45, 2.75) is 32.1 Å². The van der Waals surface area contributed by atoms with Crippen LogP contribution in [0.4, 0.5) is 0 Å². The van der Waals surface area contributed by atoms with Crippen molar-refractivity contribution in [3.05, 3.63) is 0 Å². The minimum Gasteiger partial charge on any atom is -0.355 e. The van der Waals surface area contributed by atoms with Crippen LogP contribution in [-0.4, -0.2) is 60.9 Å². The van der Waals surface area contributed by atoms with Gasteiger partial charge < -0.3 is 15.5 Å². The van der Waals surface area contributed by atoms with Crippen LogP contribution in [0.3, 0.4) is 0 Å². The second kappa shape index (κ2) is 9.30. The largest absolute Gasteiger partial charge is 0.355 e. The first-order valence-corrected chi connectivity index (χ1v) is 9.24. The summed E-state index contributed by atoms with van der Waals surface area (Å²) in [7, 11) is 0. The van der Waals surface area contributed by atoms with E-state index in [0.717, 1.165) is 52.0 Å². The topological polar surface area (TPSA) is 61.4 Å². The summed E-state index contributed by atoms with van der Waals surface area (Å²) in [6, 6.07) is 0. The molecule has 2 aliphatic rings. The van der Waals surface area contributed by atoms with E-state index in [-0.39, 0.29) is 11.8 Å². The number of rotatable bonds is 7. The van der Waals surface area contributed by atoms with Gasteiger partial charge in [0, 0.05) is 19.6 Å². The smallest absolute Gasteiger partial charge is 0.232 e. The van der Waals surface area contributed by atoms with Gasteiger partial charge in [-0.2, -0.15) is 0 Å². The van der Waals surface area contributed by atoms with Gasteiger partial charge in [0.25, 0.3) is 0 Å². The lowest BCUT2D eigenvalue weighted by Gasteiger charge is -2.26. The number of hydrogen-bond donors (Lipinski definition) is 2. The molecular formula is C15H27N3O2S. The van der Waals surface area contributed by atoms with Gasteiger partial charge in [-0.1, -0.05) is 0 Å². The van der Waals surface area contributed by atoms with E-state index in [0.29, 0.717) is 17.4 Å². The fourth-order valence-corrected chi connectivity index (χ4v) is 3.64. The number of nitrogens with one attached hydrogen (secondary N) is 2. The van der Waals surface area contributed by atoms with E-state index in [1.165, 1.54) is 24.6 Å². The van der Waals surface area contributed by atoms with Gasteiger partial charge in [-0.25, -0.2) is 0 Å². The second-order valence-electron chi connectivity index (χ2n) is 5.93. The average molecular weight is 313 g/mol. The van der Waals surface area contributed by atoms with Crippen LogP contribution in [-0.2, 0) is 9.59 Å². The lowest BCUT2D eigenvalue weighted by atomic mass is 10.1. The van der Waals surface area contributed by atoms with Gasteiger partial charge >= 0.3 is 0 Å². The lowest BCUT2D eigenvalue weighted by molar-refractivity contribution is -0.129. The van der Waals surface area contributed by atoms with Crippen LogP contribution in [0.25, 0.3) is 0 Å². The molecule has 0 aromatic rings. The van der Waals surface area contributed by atoms with Gasteiger partial charge in [0.2, 0.25) is 11.8 Å². The maximum Gasteiger partial charge on any atom is 0.232 e. The Kier molecular flexibility index (Phi) is 7.36. The minimum atomic E-state index is 0.0531. The number of amides is 2. The molecule has 1 atom stereocenters. The van der Waals surface area contributed by atoms with Gasteiger partial charge in [-0.3, -0.25) is 9.59 Å². The van der Waals surface area contributed by atoms with E-state index in [2.05, 4.69) is 10.6 Å². The molecule has 2 amide bonds. The Labute approximate surface area is 131 Å². The van der Waals surface area contributed by atoms with Crippen molar-refractivity contribution in [3.8, 4) is 0 Å². The summed E-state index contributed by atoms with van der Waals surface area (Å²) < 4.78 is 0. The monoisotopic (exact) mass is 313 g/mol. The highest BCUT2D eigenvalue weighted by Crippen LogP contribution is 2.12. The third-order valence-electron chi connectivity index (χ3n) is 4.20. The first kappa shape index (κ1) is 16.6. The number of thioether (sulfide) groups is 1. The second-order valence-corrected chi connectivity index (χ2v) is 6.92. The van der Waals surface area contributed by atoms with Gasteiger partial charge in [0.1, 0.15) is 0 Å². The maximum absolute atomic E-state index is 11.9. The van der Waals surface area contributed by atoms with E-state index < -0.39 is 0 Å². The molecule has 0 aromatic heterocycles. The van der Waals surface area contributed by atoms with E-state index in [1.54, 1.807) is 0 Å². The van der Waals surface area contributed by atoms with Gasteiger partial charge in [-0.15, -0.1) is 11.8 Å². The summed E-state index contributed by atoms with van der Waals surface area (Å²) in [4.78, 5) is 25.6. The molecule has 0 aliphatic carbocycles. The minimum absolute atomic E-state index is 0.0531. The molecule has 21 heavy (non-hydrogen) atoms. The molecule has 1 unspecified atom stereocenters. The molecule has 120 valence electrons. The van der Waals surface area contributed by atoms with Crippen LogP contribution in [0.2, 0.25) is 0 Å². The normalized spacial score (nSPS) is 22.3. The molecule has 0 saturated carbocycles. The molecular weight excluding hydrogens is 286 g/mol. The van der Waals surface area contributed by atoms with Gasteiger partial charge in [0.05, 0.1) is 11.5 Å². The van der Waals surface area contributed by atoms with Gasteiger partial charge in [0.15, 0.2) is 0 Å². The highest BCUT2D eigenvalue weighted by atomic mass is 32.2. The summed E-state index contributed by atoms with van der Waals surface area (Å²) in [5.74, 6) is 1.77. The zero-order valence-electron chi connectivity index (χ0n) is 12.7. The summed E-state index contributed by atoms with van der Waals surface area (Å²) in [5.41, 5.74) is 0. The van der Waals surface area contributed by atoms with E-state index in [4.69, 9.17) is 0 Å². The quantitative estimate of drug-likeness (QED) is 0.731. The molecule has 0 bridgehead atoms. The summed E-state index contributed by atoms with van der Waals surface area (Å²) >= 11 is 1.43. The number of hydrogen-bond acceptors (Lipinski definition) is 4. The predicted octanol–water partition coefficient (Wildman–Crippen LogP) is 0.848. The summed E-state index contributed by atoms with van der Waals surface area (Å²) in [6.45, 7) is 4.72. The molecule has 2 rings (SSSR count). The molecule has 6 heteroatoms. The van der Waals surface area contributed by atoms with Crippen LogP contribution >= 0.6 is 11.8 Å². The van der Waals surface area contributed by atoms with Gasteiger partial charge in [-0.05, 0) is 51.1 Å². The van der Waals surface area contributed by atoms with Crippen LogP contribution < -0.4 is 10.6 Å². The molecule has 0 aromatic carbocycles. The molecule has 2 heterocycles. The molecule has 2 fully saturated rings. The first-order valence-electron chi connectivity index (χ1n) is 8.08. The SMILES string of the molecule is O=C(CSCC(=O)N1CCCCC1)NCCC1CCNC1. The first-order chi connectivity index (χ1) is 10.3. The predicted molar refractivity (Wildman–Crippen MR) is 86.4 cm³/mol.